The van der Waals surface area contributed by atoms with Gasteiger partial charge in [-0.1, -0.05) is 32.6 Å². The predicted molar refractivity (Wildman–Crippen MR) is 81.0 cm³/mol. The number of rotatable bonds is 7. The fourth-order valence-corrected chi connectivity index (χ4v) is 3.88. The third-order valence-corrected chi connectivity index (χ3v) is 4.62. The highest BCUT2D eigenvalue weighted by Crippen LogP contribution is 2.49. The molecule has 4 unspecified atom stereocenters. The molecule has 0 N–H and O–H groups in total. The Morgan fingerprint density at radius 3 is 2.05 bits per heavy atom. The van der Waals surface area contributed by atoms with Gasteiger partial charge in [-0.3, -0.25) is 0 Å². The molecular weight excluding hydrogens is 234 g/mol. The van der Waals surface area contributed by atoms with Gasteiger partial charge >= 0.3 is 0 Å². The molecule has 2 bridgehead atoms. The molecule has 2 nitrogen and oxygen atoms in total. The van der Waals surface area contributed by atoms with Crippen LogP contribution in [-0.2, 0) is 4.74 Å². The summed E-state index contributed by atoms with van der Waals surface area (Å²) in [4.78, 5) is 2.48. The summed E-state index contributed by atoms with van der Waals surface area (Å²) < 4.78 is 6.14. The first-order valence-electron chi connectivity index (χ1n) is 7.84. The average molecular weight is 263 g/mol. The van der Waals surface area contributed by atoms with Gasteiger partial charge in [-0.05, 0) is 32.6 Å². The molecular formula is C17H29NO. The predicted octanol–water partition coefficient (Wildman–Crippen LogP) is 3.99. The number of nitrogens with zero attached hydrogens (tertiary/aromatic N) is 1. The molecule has 0 aromatic rings. The third kappa shape index (κ3) is 2.74. The molecule has 2 fully saturated rings. The molecule has 2 rings (SSSR count). The Kier molecular flexibility index (Phi) is 4.72. The van der Waals surface area contributed by atoms with Gasteiger partial charge in [0.05, 0.1) is 12.2 Å². The minimum absolute atomic E-state index is 0.385. The maximum absolute atomic E-state index is 6.14. The lowest BCUT2D eigenvalue weighted by molar-refractivity contribution is 0.0893. The summed E-state index contributed by atoms with van der Waals surface area (Å²) in [6, 6.07) is 0. The van der Waals surface area contributed by atoms with Crippen LogP contribution in [0.3, 0.4) is 0 Å². The summed E-state index contributed by atoms with van der Waals surface area (Å²) in [5, 5.41) is 0. The van der Waals surface area contributed by atoms with Gasteiger partial charge in [-0.25, -0.2) is 0 Å². The first kappa shape index (κ1) is 14.6. The van der Waals surface area contributed by atoms with Gasteiger partial charge in [0.15, 0.2) is 0 Å². The van der Waals surface area contributed by atoms with E-state index < -0.39 is 0 Å². The van der Waals surface area contributed by atoms with E-state index in [1.807, 2.05) is 0 Å². The van der Waals surface area contributed by atoms with Crippen LogP contribution < -0.4 is 0 Å². The monoisotopic (exact) mass is 263 g/mol. The van der Waals surface area contributed by atoms with E-state index in [-0.39, 0.29) is 0 Å². The Labute approximate surface area is 118 Å². The van der Waals surface area contributed by atoms with Crippen molar-refractivity contribution in [2.75, 3.05) is 13.1 Å². The molecule has 0 spiro atoms. The number of ether oxygens (including phenoxy) is 1. The van der Waals surface area contributed by atoms with E-state index in [4.69, 9.17) is 4.74 Å². The molecule has 2 saturated heterocycles. The Balaban J connectivity index is 2.13. The Bertz CT molecular complexity index is 343. The molecule has 4 atom stereocenters. The van der Waals surface area contributed by atoms with Crippen LogP contribution in [0.25, 0.3) is 0 Å². The number of fused-ring (bicyclic) bond motifs is 2. The molecule has 0 aliphatic carbocycles. The maximum atomic E-state index is 6.14. The van der Waals surface area contributed by atoms with Gasteiger partial charge in [0.1, 0.15) is 0 Å². The zero-order valence-corrected chi connectivity index (χ0v) is 12.8. The number of hydrogen-bond donors (Lipinski definition) is 0. The zero-order valence-electron chi connectivity index (χ0n) is 12.8. The van der Waals surface area contributed by atoms with Crippen molar-refractivity contribution in [3.8, 4) is 0 Å². The van der Waals surface area contributed by atoms with Crippen molar-refractivity contribution in [2.45, 2.75) is 58.7 Å². The van der Waals surface area contributed by atoms with Crippen molar-refractivity contribution in [3.63, 3.8) is 0 Å². The van der Waals surface area contributed by atoms with Gasteiger partial charge in [0.25, 0.3) is 0 Å². The lowest BCUT2D eigenvalue weighted by Crippen LogP contribution is -2.37. The SMILES string of the molecule is C=C(C)C1C2CCC(O2)C1C(=C)N(CCC)CCC. The fraction of sp³-hybridized carbons (Fsp3) is 0.765. The van der Waals surface area contributed by atoms with E-state index in [9.17, 15) is 0 Å². The molecule has 0 radical (unpaired) electrons. The van der Waals surface area contributed by atoms with E-state index in [1.165, 1.54) is 37.0 Å². The van der Waals surface area contributed by atoms with E-state index >= 15 is 0 Å². The summed E-state index contributed by atoms with van der Waals surface area (Å²) in [5.41, 5.74) is 2.56. The Morgan fingerprint density at radius 2 is 1.58 bits per heavy atom. The minimum Gasteiger partial charge on any atom is -0.375 e. The first-order valence-corrected chi connectivity index (χ1v) is 7.84. The summed E-state index contributed by atoms with van der Waals surface area (Å²) in [5.74, 6) is 0.955. The lowest BCUT2D eigenvalue weighted by Gasteiger charge is -2.36. The second kappa shape index (κ2) is 6.13. The minimum atomic E-state index is 0.385. The van der Waals surface area contributed by atoms with Crippen LogP contribution >= 0.6 is 0 Å². The second-order valence-electron chi connectivity index (χ2n) is 6.17. The van der Waals surface area contributed by atoms with Crippen LogP contribution in [0.4, 0.5) is 0 Å². The van der Waals surface area contributed by atoms with Gasteiger partial charge < -0.3 is 9.64 Å². The maximum Gasteiger partial charge on any atom is 0.0669 e. The summed E-state index contributed by atoms with van der Waals surface area (Å²) in [7, 11) is 0. The van der Waals surface area contributed by atoms with Crippen molar-refractivity contribution >= 4 is 0 Å². The molecule has 108 valence electrons. The van der Waals surface area contributed by atoms with Gasteiger partial charge in [0.2, 0.25) is 0 Å². The average Bonchev–Trinajstić information content (AvgIpc) is 2.97. The topological polar surface area (TPSA) is 12.5 Å². The summed E-state index contributed by atoms with van der Waals surface area (Å²) in [6.07, 6.45) is 5.54. The third-order valence-electron chi connectivity index (χ3n) is 4.62. The highest BCUT2D eigenvalue weighted by Gasteiger charge is 2.50. The molecule has 0 aromatic carbocycles. The van der Waals surface area contributed by atoms with E-state index in [0.29, 0.717) is 24.0 Å². The first-order chi connectivity index (χ1) is 9.10. The van der Waals surface area contributed by atoms with Crippen LogP contribution in [0.2, 0.25) is 0 Å². The lowest BCUT2D eigenvalue weighted by atomic mass is 9.74. The van der Waals surface area contributed by atoms with Crippen molar-refractivity contribution < 1.29 is 4.74 Å². The normalized spacial score (nSPS) is 32.6. The highest BCUT2D eigenvalue weighted by atomic mass is 16.5. The smallest absolute Gasteiger partial charge is 0.0669 e. The highest BCUT2D eigenvalue weighted by molar-refractivity contribution is 5.20. The van der Waals surface area contributed by atoms with E-state index in [2.05, 4.69) is 38.8 Å². The second-order valence-corrected chi connectivity index (χ2v) is 6.17. The van der Waals surface area contributed by atoms with Crippen molar-refractivity contribution in [1.29, 1.82) is 0 Å². The van der Waals surface area contributed by atoms with Crippen LogP contribution in [-0.4, -0.2) is 30.2 Å². The standard InChI is InChI=1S/C17H29NO/c1-6-10-18(11-7-2)13(5)17-15-9-8-14(19-15)16(17)12(3)4/h14-17H,3,5-11H2,1-2,4H3. The van der Waals surface area contributed by atoms with Gasteiger partial charge in [-0.2, -0.15) is 0 Å². The van der Waals surface area contributed by atoms with Gasteiger partial charge in [-0.15, -0.1) is 0 Å². The quantitative estimate of drug-likeness (QED) is 0.644. The molecule has 2 heterocycles. The van der Waals surface area contributed by atoms with Crippen LogP contribution in [0.5, 0.6) is 0 Å². The molecule has 2 aliphatic rings. The fourth-order valence-electron chi connectivity index (χ4n) is 3.88. The number of hydrogen-bond acceptors (Lipinski definition) is 2. The van der Waals surface area contributed by atoms with E-state index in [0.717, 1.165) is 13.1 Å². The molecule has 0 amide bonds. The van der Waals surface area contributed by atoms with Crippen LogP contribution in [0, 0.1) is 11.8 Å². The Hall–Kier alpha value is -0.760. The summed E-state index contributed by atoms with van der Waals surface area (Å²) >= 11 is 0. The van der Waals surface area contributed by atoms with Gasteiger partial charge in [0, 0.05) is 30.6 Å². The molecule has 0 saturated carbocycles. The van der Waals surface area contributed by atoms with Crippen LogP contribution in [0.1, 0.15) is 46.5 Å². The van der Waals surface area contributed by atoms with Crippen molar-refractivity contribution in [3.05, 3.63) is 24.4 Å². The van der Waals surface area contributed by atoms with Crippen LogP contribution in [0.15, 0.2) is 24.4 Å². The van der Waals surface area contributed by atoms with Crippen molar-refractivity contribution in [1.82, 2.24) is 4.90 Å². The summed E-state index contributed by atoms with van der Waals surface area (Å²) in [6.45, 7) is 17.5. The molecule has 2 aliphatic heterocycles. The van der Waals surface area contributed by atoms with Crippen molar-refractivity contribution in [2.24, 2.45) is 11.8 Å². The molecule has 0 aromatic heterocycles. The molecule has 19 heavy (non-hydrogen) atoms. The zero-order chi connectivity index (χ0) is 14.0. The molecule has 2 heteroatoms. The largest absolute Gasteiger partial charge is 0.375 e. The Morgan fingerprint density at radius 1 is 1.05 bits per heavy atom. The van der Waals surface area contributed by atoms with E-state index in [1.54, 1.807) is 0 Å².